The maximum Gasteiger partial charge on any atom is 0.338 e. The van der Waals surface area contributed by atoms with Crippen LogP contribution in [0.1, 0.15) is 77.6 Å². The molecule has 0 saturated carbocycles. The van der Waals surface area contributed by atoms with Gasteiger partial charge in [-0.25, -0.2) is 9.18 Å². The molecule has 8 heteroatoms. The van der Waals surface area contributed by atoms with E-state index < -0.39 is 29.2 Å². The molecule has 40 heavy (non-hydrogen) atoms. The van der Waals surface area contributed by atoms with Gasteiger partial charge in [0.15, 0.2) is 5.43 Å². The minimum atomic E-state index is -0.858. The average molecular weight is 544 g/mol. The normalized spacial score (nSPS) is 14.4. The fourth-order valence-corrected chi connectivity index (χ4v) is 4.79. The van der Waals surface area contributed by atoms with E-state index in [4.69, 9.17) is 13.9 Å². The number of benzene rings is 3. The highest BCUT2D eigenvalue weighted by atomic mass is 19.1. The quantitative estimate of drug-likeness (QED) is 0.161. The van der Waals surface area contributed by atoms with E-state index in [2.05, 4.69) is 6.92 Å². The number of halogens is 1. The summed E-state index contributed by atoms with van der Waals surface area (Å²) in [5.74, 6) is -1.04. The second kappa shape index (κ2) is 11.7. The summed E-state index contributed by atoms with van der Waals surface area (Å²) in [5.41, 5.74) is 1.20. The first-order chi connectivity index (χ1) is 19.4. The largest absolute Gasteiger partial charge is 0.494 e. The number of hydrogen-bond donors (Lipinski definition) is 0. The predicted molar refractivity (Wildman–Crippen MR) is 150 cm³/mol. The van der Waals surface area contributed by atoms with Crippen LogP contribution in [0.2, 0.25) is 0 Å². The zero-order valence-corrected chi connectivity index (χ0v) is 22.4. The number of carbonyl (C=O) groups is 2. The molecule has 0 bridgehead atoms. The highest BCUT2D eigenvalue weighted by molar-refractivity contribution is 6.10. The Bertz CT molecular complexity index is 1610. The first-order valence-electron chi connectivity index (χ1n) is 13.5. The lowest BCUT2D eigenvalue weighted by Crippen LogP contribution is -2.29. The summed E-state index contributed by atoms with van der Waals surface area (Å²) in [6.45, 7) is 4.95. The van der Waals surface area contributed by atoms with Gasteiger partial charge >= 0.3 is 5.97 Å². The van der Waals surface area contributed by atoms with E-state index in [-0.39, 0.29) is 22.3 Å². The molecule has 0 radical (unpaired) electrons. The van der Waals surface area contributed by atoms with E-state index in [9.17, 15) is 18.8 Å². The summed E-state index contributed by atoms with van der Waals surface area (Å²) in [7, 11) is 0. The Kier molecular flexibility index (Phi) is 7.96. The summed E-state index contributed by atoms with van der Waals surface area (Å²) in [4.78, 5) is 41.5. The van der Waals surface area contributed by atoms with Crippen molar-refractivity contribution < 1.29 is 27.9 Å². The lowest BCUT2D eigenvalue weighted by atomic mass is 9.98. The second-order valence-electron chi connectivity index (χ2n) is 9.70. The van der Waals surface area contributed by atoms with E-state index in [0.29, 0.717) is 35.8 Å². The minimum absolute atomic E-state index is 0.0546. The molecule has 7 nitrogen and oxygen atoms in total. The maximum atomic E-state index is 14.1. The van der Waals surface area contributed by atoms with Gasteiger partial charge in [0.1, 0.15) is 17.1 Å². The number of unbranched alkanes of at least 4 members (excludes halogenated alkanes) is 2. The molecule has 1 aliphatic heterocycles. The van der Waals surface area contributed by atoms with Crippen LogP contribution in [0.15, 0.2) is 75.9 Å². The molecule has 2 heterocycles. The standard InChI is InChI=1S/C32H30FNO6/c1-3-5-16-38-24-9-7-8-21(18-24)28-27-29(35)25-19-22(33)12-15-26(25)40-30(27)31(36)34(28)23-13-10-20(11-14-23)32(37)39-17-6-4-2/h7-15,18-19,28H,3-6,16-17H2,1-2H3. The Hall–Kier alpha value is -4.46. The highest BCUT2D eigenvalue weighted by Crippen LogP contribution is 2.42. The highest BCUT2D eigenvalue weighted by Gasteiger charge is 2.43. The van der Waals surface area contributed by atoms with E-state index in [0.717, 1.165) is 31.7 Å². The third-order valence-electron chi connectivity index (χ3n) is 6.88. The molecule has 4 aromatic rings. The fraction of sp³-hybridized carbons (Fsp3) is 0.281. The number of nitrogens with zero attached hydrogens (tertiary/aromatic N) is 1. The molecular formula is C32H30FNO6. The number of rotatable bonds is 10. The van der Waals surface area contributed by atoms with Crippen molar-refractivity contribution in [1.29, 1.82) is 0 Å². The summed E-state index contributed by atoms with van der Waals surface area (Å²) < 4.78 is 31.2. The zero-order chi connectivity index (χ0) is 28.2. The molecule has 0 saturated heterocycles. The van der Waals surface area contributed by atoms with Crippen molar-refractivity contribution >= 4 is 28.5 Å². The molecule has 1 atom stereocenters. The zero-order valence-electron chi connectivity index (χ0n) is 22.4. The van der Waals surface area contributed by atoms with E-state index in [1.165, 1.54) is 17.0 Å². The van der Waals surface area contributed by atoms with Gasteiger partial charge in [-0.3, -0.25) is 14.5 Å². The number of carbonyl (C=O) groups excluding carboxylic acids is 2. The monoisotopic (exact) mass is 543 g/mol. The Labute approximate surface area is 231 Å². The third kappa shape index (κ3) is 5.21. The van der Waals surface area contributed by atoms with Gasteiger partial charge in [0.2, 0.25) is 5.76 Å². The Morgan fingerprint density at radius 2 is 1.70 bits per heavy atom. The molecule has 5 rings (SSSR count). The van der Waals surface area contributed by atoms with Gasteiger partial charge in [0, 0.05) is 5.69 Å². The van der Waals surface area contributed by atoms with Crippen LogP contribution in [0.3, 0.4) is 0 Å². The molecule has 1 unspecified atom stereocenters. The molecule has 0 fully saturated rings. The van der Waals surface area contributed by atoms with Gasteiger partial charge < -0.3 is 13.9 Å². The van der Waals surface area contributed by atoms with Gasteiger partial charge in [-0.1, -0.05) is 38.8 Å². The van der Waals surface area contributed by atoms with Gasteiger partial charge in [0.05, 0.1) is 35.8 Å². The molecule has 3 aromatic carbocycles. The number of anilines is 1. The first kappa shape index (κ1) is 27.1. The fourth-order valence-electron chi connectivity index (χ4n) is 4.79. The Morgan fingerprint density at radius 1 is 0.950 bits per heavy atom. The van der Waals surface area contributed by atoms with E-state index in [1.54, 1.807) is 42.5 Å². The average Bonchev–Trinajstić information content (AvgIpc) is 3.26. The van der Waals surface area contributed by atoms with Crippen molar-refractivity contribution in [2.24, 2.45) is 0 Å². The van der Waals surface area contributed by atoms with Crippen LogP contribution in [0, 0.1) is 5.82 Å². The van der Waals surface area contributed by atoms with Crippen LogP contribution in [0.4, 0.5) is 10.1 Å². The molecule has 0 spiro atoms. The number of fused-ring (bicyclic) bond motifs is 2. The molecule has 1 aromatic heterocycles. The topological polar surface area (TPSA) is 86.0 Å². The Balaban J connectivity index is 1.60. The summed E-state index contributed by atoms with van der Waals surface area (Å²) in [6, 6.07) is 16.5. The van der Waals surface area contributed by atoms with Gasteiger partial charge in [-0.15, -0.1) is 0 Å². The lowest BCUT2D eigenvalue weighted by Gasteiger charge is -2.25. The number of hydrogen-bond acceptors (Lipinski definition) is 6. The van der Waals surface area contributed by atoms with Gasteiger partial charge in [-0.05, 0) is 73.0 Å². The Morgan fingerprint density at radius 3 is 2.45 bits per heavy atom. The predicted octanol–water partition coefficient (Wildman–Crippen LogP) is 6.82. The summed E-state index contributed by atoms with van der Waals surface area (Å²) >= 11 is 0. The third-order valence-corrected chi connectivity index (χ3v) is 6.88. The van der Waals surface area contributed by atoms with Crippen molar-refractivity contribution in [1.82, 2.24) is 0 Å². The number of ether oxygens (including phenoxy) is 2. The van der Waals surface area contributed by atoms with Crippen LogP contribution in [0.5, 0.6) is 5.75 Å². The molecule has 0 aliphatic carbocycles. The molecular weight excluding hydrogens is 513 g/mol. The maximum absolute atomic E-state index is 14.1. The number of amides is 1. The van der Waals surface area contributed by atoms with Crippen molar-refractivity contribution in [3.8, 4) is 5.75 Å². The number of esters is 1. The van der Waals surface area contributed by atoms with Crippen molar-refractivity contribution in [2.45, 2.75) is 45.6 Å². The molecule has 0 N–H and O–H groups in total. The van der Waals surface area contributed by atoms with Crippen molar-refractivity contribution in [3.63, 3.8) is 0 Å². The SMILES string of the molecule is CCCCOC(=O)c1ccc(N2C(=O)c3oc4ccc(F)cc4c(=O)c3C2c2cccc(OCCCC)c2)cc1. The van der Waals surface area contributed by atoms with Crippen LogP contribution in [0.25, 0.3) is 11.0 Å². The van der Waals surface area contributed by atoms with Crippen LogP contribution in [-0.4, -0.2) is 25.1 Å². The first-order valence-corrected chi connectivity index (χ1v) is 13.5. The van der Waals surface area contributed by atoms with Crippen LogP contribution in [-0.2, 0) is 4.74 Å². The molecule has 206 valence electrons. The minimum Gasteiger partial charge on any atom is -0.494 e. The van der Waals surface area contributed by atoms with E-state index >= 15 is 0 Å². The lowest BCUT2D eigenvalue weighted by molar-refractivity contribution is 0.0499. The van der Waals surface area contributed by atoms with Gasteiger partial charge in [0.25, 0.3) is 5.91 Å². The molecule has 1 aliphatic rings. The van der Waals surface area contributed by atoms with Crippen molar-refractivity contribution in [3.05, 3.63) is 105 Å². The second-order valence-corrected chi connectivity index (χ2v) is 9.70. The van der Waals surface area contributed by atoms with Crippen molar-refractivity contribution in [2.75, 3.05) is 18.1 Å². The van der Waals surface area contributed by atoms with Gasteiger partial charge in [-0.2, -0.15) is 0 Å². The summed E-state index contributed by atoms with van der Waals surface area (Å²) in [5, 5.41) is 0.0546. The smallest absolute Gasteiger partial charge is 0.338 e. The van der Waals surface area contributed by atoms with Crippen LogP contribution >= 0.6 is 0 Å². The van der Waals surface area contributed by atoms with Crippen LogP contribution < -0.4 is 15.1 Å². The van der Waals surface area contributed by atoms with E-state index in [1.807, 2.05) is 13.0 Å². The summed E-state index contributed by atoms with van der Waals surface area (Å²) in [6.07, 6.45) is 3.54. The molecule has 1 amide bonds.